The van der Waals surface area contributed by atoms with Crippen molar-refractivity contribution in [3.05, 3.63) is 23.9 Å². The first-order valence-electron chi connectivity index (χ1n) is 4.56. The summed E-state index contributed by atoms with van der Waals surface area (Å²) < 4.78 is 0.960. The average Bonchev–Trinajstić information content (AvgIpc) is 2.20. The van der Waals surface area contributed by atoms with Crippen molar-refractivity contribution in [2.75, 3.05) is 18.4 Å². The van der Waals surface area contributed by atoms with Crippen molar-refractivity contribution in [1.82, 2.24) is 0 Å². The summed E-state index contributed by atoms with van der Waals surface area (Å²) in [6.07, 6.45) is 2.31. The van der Waals surface area contributed by atoms with Crippen molar-refractivity contribution in [2.45, 2.75) is 13.0 Å². The number of rotatable bonds is 5. The van der Waals surface area contributed by atoms with Gasteiger partial charge < -0.3 is 16.0 Å². The Labute approximate surface area is 82.8 Å². The maximum atomic E-state index is 9.43. The number of anilines is 1. The van der Waals surface area contributed by atoms with E-state index >= 15 is 0 Å². The third-order valence-corrected chi connectivity index (χ3v) is 1.86. The van der Waals surface area contributed by atoms with E-state index in [9.17, 15) is 5.21 Å². The first-order chi connectivity index (χ1) is 6.77. The lowest BCUT2D eigenvalue weighted by Crippen LogP contribution is -2.34. The molecule has 78 valence electrons. The zero-order valence-corrected chi connectivity index (χ0v) is 7.98. The van der Waals surface area contributed by atoms with Crippen LogP contribution in [0.5, 0.6) is 0 Å². The largest absolute Gasteiger partial charge is 0.392 e. The van der Waals surface area contributed by atoms with Crippen LogP contribution in [0, 0.1) is 0 Å². The molecular weight excluding hydrogens is 182 g/mol. The second kappa shape index (κ2) is 5.41. The van der Waals surface area contributed by atoms with Gasteiger partial charge >= 0.3 is 5.82 Å². The monoisotopic (exact) mass is 198 g/mol. The van der Waals surface area contributed by atoms with Crippen LogP contribution in [-0.2, 0) is 6.61 Å². The van der Waals surface area contributed by atoms with Gasteiger partial charge in [-0.25, -0.2) is 0 Å². The van der Waals surface area contributed by atoms with Gasteiger partial charge in [0, 0.05) is 11.6 Å². The molecule has 0 atom stereocenters. The summed E-state index contributed by atoms with van der Waals surface area (Å²) in [4.78, 5) is 0. The lowest BCUT2D eigenvalue weighted by Gasteiger charge is -2.01. The number of pyridine rings is 1. The molecule has 0 unspecified atom stereocenters. The average molecular weight is 198 g/mol. The Morgan fingerprint density at radius 1 is 1.43 bits per heavy atom. The van der Waals surface area contributed by atoms with Gasteiger partial charge in [-0.05, 0) is 19.0 Å². The Bertz CT molecular complexity index is 291. The highest BCUT2D eigenvalue weighted by Crippen LogP contribution is 2.01. The fourth-order valence-electron chi connectivity index (χ4n) is 1.08. The van der Waals surface area contributed by atoms with Gasteiger partial charge in [0.1, 0.15) is 6.20 Å². The lowest BCUT2D eigenvalue weighted by molar-refractivity contribution is -0.893. The number of nitrogens with zero attached hydrogens (tertiary/aromatic N) is 1. The third-order valence-electron chi connectivity index (χ3n) is 1.86. The van der Waals surface area contributed by atoms with Crippen molar-refractivity contribution in [3.8, 4) is 0 Å². The molecule has 0 radical (unpaired) electrons. The Hall–Kier alpha value is -1.33. The second-order valence-corrected chi connectivity index (χ2v) is 2.99. The topological polar surface area (TPSA) is 82.4 Å². The Morgan fingerprint density at radius 2 is 2.21 bits per heavy atom. The zero-order chi connectivity index (χ0) is 10.4. The van der Waals surface area contributed by atoms with Crippen LogP contribution in [0.2, 0.25) is 0 Å². The van der Waals surface area contributed by atoms with Crippen LogP contribution in [0.4, 0.5) is 5.82 Å². The Morgan fingerprint density at radius 3 is 2.79 bits per heavy atom. The Kier molecular flexibility index (Phi) is 4.15. The van der Waals surface area contributed by atoms with E-state index in [1.54, 1.807) is 12.1 Å². The molecule has 14 heavy (non-hydrogen) atoms. The predicted molar refractivity (Wildman–Crippen MR) is 51.9 cm³/mol. The first-order valence-corrected chi connectivity index (χ1v) is 4.56. The standard InChI is InChI=1S/C9H15N3O2/c10-4-1-5-11-9-3-2-8(7-13)6-12(9)14/h2-3,6,13-14H,1,4-5,7,10H2/p+1. The first kappa shape index (κ1) is 10.7. The van der Waals surface area contributed by atoms with Gasteiger partial charge in [0.15, 0.2) is 0 Å². The number of aliphatic hydroxyl groups excluding tert-OH is 1. The zero-order valence-electron chi connectivity index (χ0n) is 7.98. The molecule has 0 fully saturated rings. The fraction of sp³-hybridized carbons (Fsp3) is 0.444. The number of nitrogens with one attached hydrogen (secondary N) is 1. The van der Waals surface area contributed by atoms with Gasteiger partial charge in [-0.15, -0.1) is 0 Å². The molecule has 1 rings (SSSR count). The highest BCUT2D eigenvalue weighted by atomic mass is 16.5. The van der Waals surface area contributed by atoms with E-state index in [2.05, 4.69) is 5.32 Å². The van der Waals surface area contributed by atoms with Crippen molar-refractivity contribution in [1.29, 1.82) is 0 Å². The molecule has 0 aromatic carbocycles. The molecule has 0 saturated carbocycles. The Balaban J connectivity index is 2.59. The molecule has 0 amide bonds. The minimum absolute atomic E-state index is 0.0797. The maximum absolute atomic E-state index is 9.43. The summed E-state index contributed by atoms with van der Waals surface area (Å²) >= 11 is 0. The quantitative estimate of drug-likeness (QED) is 0.291. The van der Waals surface area contributed by atoms with Crippen LogP contribution in [0.25, 0.3) is 0 Å². The van der Waals surface area contributed by atoms with E-state index < -0.39 is 0 Å². The highest BCUT2D eigenvalue weighted by Gasteiger charge is 2.07. The molecule has 0 aliphatic carbocycles. The van der Waals surface area contributed by atoms with E-state index in [0.717, 1.165) is 17.7 Å². The SMILES string of the molecule is NCCCNc1ccc(CO)c[n+]1O. The molecule has 0 aliphatic rings. The molecule has 1 aromatic heterocycles. The van der Waals surface area contributed by atoms with Gasteiger partial charge in [-0.1, -0.05) is 4.73 Å². The van der Waals surface area contributed by atoms with Gasteiger partial charge in [0.25, 0.3) is 0 Å². The molecule has 0 bridgehead atoms. The van der Waals surface area contributed by atoms with E-state index in [1.165, 1.54) is 6.20 Å². The molecule has 1 heterocycles. The minimum Gasteiger partial charge on any atom is -0.392 e. The molecule has 5 nitrogen and oxygen atoms in total. The van der Waals surface area contributed by atoms with E-state index in [-0.39, 0.29) is 6.61 Å². The smallest absolute Gasteiger partial charge is 0.313 e. The van der Waals surface area contributed by atoms with Crippen molar-refractivity contribution >= 4 is 5.82 Å². The van der Waals surface area contributed by atoms with Crippen LogP contribution in [0.15, 0.2) is 18.3 Å². The molecular formula is C9H16N3O2+. The summed E-state index contributed by atoms with van der Waals surface area (Å²) in [7, 11) is 0. The lowest BCUT2D eigenvalue weighted by atomic mass is 10.3. The van der Waals surface area contributed by atoms with Crippen LogP contribution in [0.1, 0.15) is 12.0 Å². The number of aromatic nitrogens is 1. The number of aliphatic hydroxyl groups is 1. The second-order valence-electron chi connectivity index (χ2n) is 2.99. The molecule has 5 heteroatoms. The summed E-state index contributed by atoms with van der Waals surface area (Å²) in [5, 5.41) is 21.3. The van der Waals surface area contributed by atoms with E-state index in [4.69, 9.17) is 10.8 Å². The van der Waals surface area contributed by atoms with Gasteiger partial charge in [-0.2, -0.15) is 0 Å². The van der Waals surface area contributed by atoms with Crippen LogP contribution in [0.3, 0.4) is 0 Å². The number of nitrogens with two attached hydrogens (primary N) is 1. The van der Waals surface area contributed by atoms with Crippen LogP contribution in [-0.4, -0.2) is 23.4 Å². The normalized spacial score (nSPS) is 10.1. The van der Waals surface area contributed by atoms with Gasteiger partial charge in [-0.3, -0.25) is 5.32 Å². The molecule has 0 spiro atoms. The summed E-state index contributed by atoms with van der Waals surface area (Å²) in [5.41, 5.74) is 6.00. The highest BCUT2D eigenvalue weighted by molar-refractivity contribution is 5.28. The van der Waals surface area contributed by atoms with Crippen molar-refractivity contribution in [3.63, 3.8) is 0 Å². The maximum Gasteiger partial charge on any atom is 0.313 e. The van der Waals surface area contributed by atoms with Gasteiger partial charge in [0.05, 0.1) is 13.2 Å². The van der Waals surface area contributed by atoms with Crippen LogP contribution >= 0.6 is 0 Å². The third kappa shape index (κ3) is 2.86. The minimum atomic E-state index is -0.0797. The molecule has 0 aliphatic heterocycles. The predicted octanol–water partition coefficient (Wildman–Crippen LogP) is -0.536. The molecule has 0 saturated heterocycles. The summed E-state index contributed by atoms with van der Waals surface area (Å²) in [6.45, 7) is 1.26. The summed E-state index contributed by atoms with van der Waals surface area (Å²) in [6, 6.07) is 3.46. The molecule has 5 N–H and O–H groups in total. The fourth-order valence-corrected chi connectivity index (χ4v) is 1.08. The van der Waals surface area contributed by atoms with Crippen molar-refractivity contribution in [2.24, 2.45) is 5.73 Å². The summed E-state index contributed by atoms with van der Waals surface area (Å²) in [5.74, 6) is 0.593. The number of hydrogen-bond acceptors (Lipinski definition) is 4. The van der Waals surface area contributed by atoms with E-state index in [0.29, 0.717) is 17.9 Å². The van der Waals surface area contributed by atoms with Crippen LogP contribution < -0.4 is 15.8 Å². The number of hydrogen-bond donors (Lipinski definition) is 4. The molecule has 1 aromatic rings. The van der Waals surface area contributed by atoms with E-state index in [1.807, 2.05) is 0 Å². The van der Waals surface area contributed by atoms with Crippen molar-refractivity contribution < 1.29 is 15.0 Å². The van der Waals surface area contributed by atoms with Gasteiger partial charge in [0.2, 0.25) is 0 Å².